The molecule has 2 rings (SSSR count). The molecule has 0 atom stereocenters. The van der Waals surface area contributed by atoms with Gasteiger partial charge in [0.05, 0.1) is 12.9 Å². The lowest BCUT2D eigenvalue weighted by Gasteiger charge is -2.19. The highest BCUT2D eigenvalue weighted by atomic mass is 79.9. The first-order valence-corrected chi connectivity index (χ1v) is 7.86. The molecule has 0 bridgehead atoms. The van der Waals surface area contributed by atoms with Crippen molar-refractivity contribution in [3.05, 3.63) is 58.0 Å². The van der Waals surface area contributed by atoms with Crippen LogP contribution in [0, 0.1) is 0 Å². The summed E-state index contributed by atoms with van der Waals surface area (Å²) in [5.74, 6) is 0.854. The first kappa shape index (κ1) is 16.3. The van der Waals surface area contributed by atoms with Gasteiger partial charge in [-0.25, -0.2) is 0 Å². The highest BCUT2D eigenvalue weighted by Gasteiger charge is 2.10. The van der Waals surface area contributed by atoms with E-state index in [1.54, 1.807) is 6.26 Å². The summed E-state index contributed by atoms with van der Waals surface area (Å²) in [4.78, 5) is 0. The second kappa shape index (κ2) is 7.25. The molecule has 1 aromatic carbocycles. The maximum absolute atomic E-state index is 5.70. The van der Waals surface area contributed by atoms with E-state index in [1.807, 2.05) is 30.3 Å². The van der Waals surface area contributed by atoms with Crippen LogP contribution >= 0.6 is 15.9 Å². The van der Waals surface area contributed by atoms with E-state index in [1.165, 1.54) is 0 Å². The fourth-order valence-electron chi connectivity index (χ4n) is 1.84. The highest BCUT2D eigenvalue weighted by Crippen LogP contribution is 2.18. The Bertz CT molecular complexity index is 572. The molecule has 1 aromatic heterocycles. The Labute approximate surface area is 134 Å². The molecule has 0 aliphatic carbocycles. The van der Waals surface area contributed by atoms with Crippen molar-refractivity contribution in [2.24, 2.45) is 0 Å². The molecule has 0 saturated heterocycles. The van der Waals surface area contributed by atoms with E-state index in [2.05, 4.69) is 42.0 Å². The van der Waals surface area contributed by atoms with Crippen molar-refractivity contribution in [1.29, 1.82) is 0 Å². The molecule has 0 aliphatic rings. The number of furan rings is 1. The minimum Gasteiger partial charge on any atom is -0.467 e. The third-order valence-corrected chi connectivity index (χ3v) is 3.76. The Hall–Kier alpha value is -1.10. The molecule has 114 valence electrons. The number of nitrogens with one attached hydrogen (secondary N) is 1. The fourth-order valence-corrected chi connectivity index (χ4v) is 2.24. The van der Waals surface area contributed by atoms with Crippen LogP contribution in [0.25, 0.3) is 0 Å². The van der Waals surface area contributed by atoms with Gasteiger partial charge in [-0.2, -0.15) is 0 Å². The Morgan fingerprint density at radius 2 is 1.95 bits per heavy atom. The Morgan fingerprint density at radius 3 is 2.67 bits per heavy atom. The molecule has 0 fully saturated rings. The van der Waals surface area contributed by atoms with Crippen LogP contribution in [-0.4, -0.2) is 5.54 Å². The minimum atomic E-state index is 0.105. The summed E-state index contributed by atoms with van der Waals surface area (Å²) in [6, 6.07) is 10.1. The quantitative estimate of drug-likeness (QED) is 0.822. The normalized spacial score (nSPS) is 11.8. The lowest BCUT2D eigenvalue weighted by molar-refractivity contribution is 0.0926. The maximum atomic E-state index is 5.70. The molecular weight excluding hydrogens is 330 g/mol. The van der Waals surface area contributed by atoms with Crippen molar-refractivity contribution in [3.63, 3.8) is 0 Å². The molecule has 0 aliphatic heterocycles. The van der Waals surface area contributed by atoms with Gasteiger partial charge in [-0.3, -0.25) is 0 Å². The number of benzene rings is 1. The predicted molar refractivity (Wildman–Crippen MR) is 87.9 cm³/mol. The average molecular weight is 352 g/mol. The zero-order chi connectivity index (χ0) is 15.3. The summed E-state index contributed by atoms with van der Waals surface area (Å²) in [6.07, 6.45) is 1.79. The summed E-state index contributed by atoms with van der Waals surface area (Å²) >= 11 is 3.51. The first-order chi connectivity index (χ1) is 9.94. The molecule has 21 heavy (non-hydrogen) atoms. The van der Waals surface area contributed by atoms with Crippen LogP contribution in [-0.2, 0) is 24.5 Å². The molecule has 0 saturated carbocycles. The van der Waals surface area contributed by atoms with E-state index in [4.69, 9.17) is 9.15 Å². The summed E-state index contributed by atoms with van der Waals surface area (Å²) in [5, 5.41) is 3.43. The molecule has 1 N–H and O–H groups in total. The SMILES string of the molecule is CC(C)(C)NCc1coc(COCc2ccccc2Br)c1. The van der Waals surface area contributed by atoms with Gasteiger partial charge < -0.3 is 14.5 Å². The zero-order valence-electron chi connectivity index (χ0n) is 12.8. The number of hydrogen-bond acceptors (Lipinski definition) is 3. The monoisotopic (exact) mass is 351 g/mol. The van der Waals surface area contributed by atoms with Crippen LogP contribution in [0.3, 0.4) is 0 Å². The molecule has 4 heteroatoms. The van der Waals surface area contributed by atoms with Gasteiger partial charge in [0.1, 0.15) is 12.4 Å². The van der Waals surface area contributed by atoms with E-state index < -0.39 is 0 Å². The lowest BCUT2D eigenvalue weighted by atomic mass is 10.1. The van der Waals surface area contributed by atoms with Crippen LogP contribution < -0.4 is 5.32 Å². The van der Waals surface area contributed by atoms with Gasteiger partial charge in [0.15, 0.2) is 0 Å². The largest absolute Gasteiger partial charge is 0.467 e. The van der Waals surface area contributed by atoms with Crippen LogP contribution in [0.2, 0.25) is 0 Å². The highest BCUT2D eigenvalue weighted by molar-refractivity contribution is 9.10. The third kappa shape index (κ3) is 5.65. The molecular formula is C17H22BrNO2. The van der Waals surface area contributed by atoms with Crippen molar-refractivity contribution in [2.75, 3.05) is 0 Å². The Balaban J connectivity index is 1.79. The van der Waals surface area contributed by atoms with Gasteiger partial charge in [0, 0.05) is 22.1 Å². The Kier molecular flexibility index (Phi) is 5.62. The van der Waals surface area contributed by atoms with Crippen molar-refractivity contribution in [3.8, 4) is 0 Å². The van der Waals surface area contributed by atoms with Crippen molar-refractivity contribution in [1.82, 2.24) is 5.32 Å². The topological polar surface area (TPSA) is 34.4 Å². The number of hydrogen-bond donors (Lipinski definition) is 1. The van der Waals surface area contributed by atoms with Crippen LogP contribution in [0.4, 0.5) is 0 Å². The minimum absolute atomic E-state index is 0.105. The lowest BCUT2D eigenvalue weighted by Crippen LogP contribution is -2.34. The smallest absolute Gasteiger partial charge is 0.129 e. The maximum Gasteiger partial charge on any atom is 0.129 e. The summed E-state index contributed by atoms with van der Waals surface area (Å²) in [6.45, 7) is 8.30. The van der Waals surface area contributed by atoms with Gasteiger partial charge in [-0.15, -0.1) is 0 Å². The number of halogens is 1. The van der Waals surface area contributed by atoms with E-state index in [-0.39, 0.29) is 5.54 Å². The van der Waals surface area contributed by atoms with Gasteiger partial charge in [-0.1, -0.05) is 34.1 Å². The zero-order valence-corrected chi connectivity index (χ0v) is 14.4. The van der Waals surface area contributed by atoms with E-state index >= 15 is 0 Å². The fraction of sp³-hybridized carbons (Fsp3) is 0.412. The van der Waals surface area contributed by atoms with Crippen LogP contribution in [0.15, 0.2) is 45.5 Å². The predicted octanol–water partition coefficient (Wildman–Crippen LogP) is 4.65. The number of ether oxygens (including phenoxy) is 1. The summed E-state index contributed by atoms with van der Waals surface area (Å²) < 4.78 is 12.3. The molecule has 0 radical (unpaired) electrons. The number of rotatable bonds is 6. The van der Waals surface area contributed by atoms with E-state index in [0.717, 1.165) is 27.9 Å². The van der Waals surface area contributed by atoms with Gasteiger partial charge in [0.2, 0.25) is 0 Å². The summed E-state index contributed by atoms with van der Waals surface area (Å²) in [7, 11) is 0. The molecule has 3 nitrogen and oxygen atoms in total. The van der Waals surface area contributed by atoms with Gasteiger partial charge in [0.25, 0.3) is 0 Å². The van der Waals surface area contributed by atoms with Crippen molar-refractivity contribution >= 4 is 15.9 Å². The molecule has 0 unspecified atom stereocenters. The molecule has 1 heterocycles. The third-order valence-electron chi connectivity index (χ3n) is 2.99. The first-order valence-electron chi connectivity index (χ1n) is 7.06. The van der Waals surface area contributed by atoms with Gasteiger partial charge >= 0.3 is 0 Å². The standard InChI is InChI=1S/C17H22BrNO2/c1-17(2,3)19-9-13-8-15(21-10-13)12-20-11-14-6-4-5-7-16(14)18/h4-8,10,19H,9,11-12H2,1-3H3. The average Bonchev–Trinajstić information content (AvgIpc) is 2.86. The van der Waals surface area contributed by atoms with Crippen LogP contribution in [0.5, 0.6) is 0 Å². The van der Waals surface area contributed by atoms with Gasteiger partial charge in [-0.05, 0) is 38.5 Å². The second-order valence-electron chi connectivity index (χ2n) is 6.11. The van der Waals surface area contributed by atoms with Crippen molar-refractivity contribution in [2.45, 2.75) is 46.1 Å². The summed E-state index contributed by atoms with van der Waals surface area (Å²) in [5.41, 5.74) is 2.39. The Morgan fingerprint density at radius 1 is 1.19 bits per heavy atom. The van der Waals surface area contributed by atoms with Crippen molar-refractivity contribution < 1.29 is 9.15 Å². The molecule has 0 amide bonds. The second-order valence-corrected chi connectivity index (χ2v) is 6.96. The van der Waals surface area contributed by atoms with E-state index in [9.17, 15) is 0 Å². The molecule has 2 aromatic rings. The van der Waals surface area contributed by atoms with E-state index in [0.29, 0.717) is 13.2 Å². The molecule has 0 spiro atoms. The van der Waals surface area contributed by atoms with Crippen LogP contribution in [0.1, 0.15) is 37.7 Å².